The number of ether oxygens (including phenoxy) is 2. The van der Waals surface area contributed by atoms with Crippen molar-refractivity contribution in [2.45, 2.75) is 31.8 Å². The van der Waals surface area contributed by atoms with Crippen LogP contribution >= 0.6 is 15.9 Å². The average Bonchev–Trinajstić information content (AvgIpc) is 3.15. The molecule has 1 aromatic carbocycles. The van der Waals surface area contributed by atoms with Crippen molar-refractivity contribution in [2.75, 3.05) is 18.5 Å². The molecule has 134 valence electrons. The van der Waals surface area contributed by atoms with Crippen molar-refractivity contribution in [1.82, 2.24) is 0 Å². The highest BCUT2D eigenvalue weighted by molar-refractivity contribution is 9.10. The third-order valence-corrected chi connectivity index (χ3v) is 5.15. The molecule has 0 bridgehead atoms. The molecular formula is C19H22BrNO4. The van der Waals surface area contributed by atoms with Crippen LogP contribution in [0.5, 0.6) is 0 Å². The van der Waals surface area contributed by atoms with Crippen LogP contribution in [0.2, 0.25) is 0 Å². The summed E-state index contributed by atoms with van der Waals surface area (Å²) in [7, 11) is 0. The Kier molecular flexibility index (Phi) is 6.26. The van der Waals surface area contributed by atoms with Gasteiger partial charge in [0.1, 0.15) is 6.61 Å². The Morgan fingerprint density at radius 3 is 2.56 bits per heavy atom. The number of carbonyl (C=O) groups excluding carboxylic acids is 2. The lowest BCUT2D eigenvalue weighted by atomic mass is 9.82. The van der Waals surface area contributed by atoms with Crippen molar-refractivity contribution in [3.8, 4) is 0 Å². The Morgan fingerprint density at radius 1 is 1.16 bits per heavy atom. The third-order valence-electron chi connectivity index (χ3n) is 4.62. The Labute approximate surface area is 155 Å². The number of anilines is 1. The Bertz CT molecular complexity index is 637. The fourth-order valence-corrected chi connectivity index (χ4v) is 3.45. The van der Waals surface area contributed by atoms with Crippen LogP contribution in [-0.4, -0.2) is 31.2 Å². The first-order valence-corrected chi connectivity index (χ1v) is 9.42. The van der Waals surface area contributed by atoms with E-state index in [1.54, 1.807) is 0 Å². The molecule has 6 heteroatoms. The summed E-state index contributed by atoms with van der Waals surface area (Å²) in [6, 6.07) is 7.38. The first kappa shape index (κ1) is 18.1. The maximum atomic E-state index is 12.6. The molecule has 5 nitrogen and oxygen atoms in total. The van der Waals surface area contributed by atoms with Crippen molar-refractivity contribution in [2.24, 2.45) is 11.8 Å². The molecule has 1 saturated heterocycles. The number of amides is 1. The molecule has 1 fully saturated rings. The number of allylic oxidation sites excluding steroid dienone is 2. The van der Waals surface area contributed by atoms with Crippen LogP contribution in [0, 0.1) is 11.8 Å². The number of benzene rings is 1. The zero-order valence-corrected chi connectivity index (χ0v) is 15.5. The molecule has 1 aliphatic heterocycles. The normalized spacial score (nSPS) is 25.6. The van der Waals surface area contributed by atoms with Crippen molar-refractivity contribution in [1.29, 1.82) is 0 Å². The molecule has 3 atom stereocenters. The van der Waals surface area contributed by atoms with Crippen LogP contribution < -0.4 is 5.32 Å². The predicted molar refractivity (Wildman–Crippen MR) is 98.1 cm³/mol. The van der Waals surface area contributed by atoms with Gasteiger partial charge in [-0.2, -0.15) is 0 Å². The van der Waals surface area contributed by atoms with Gasteiger partial charge >= 0.3 is 5.97 Å². The van der Waals surface area contributed by atoms with Crippen LogP contribution in [-0.2, 0) is 19.1 Å². The van der Waals surface area contributed by atoms with E-state index in [2.05, 4.69) is 21.2 Å². The summed E-state index contributed by atoms with van der Waals surface area (Å²) in [5.74, 6) is -1.31. The highest BCUT2D eigenvalue weighted by Crippen LogP contribution is 2.29. The van der Waals surface area contributed by atoms with E-state index >= 15 is 0 Å². The second-order valence-corrected chi connectivity index (χ2v) is 7.33. The molecule has 1 aromatic rings. The number of esters is 1. The van der Waals surface area contributed by atoms with Crippen LogP contribution in [0.15, 0.2) is 40.9 Å². The predicted octanol–water partition coefficient (Wildman–Crippen LogP) is 3.69. The zero-order chi connectivity index (χ0) is 17.6. The van der Waals surface area contributed by atoms with Gasteiger partial charge in [-0.1, -0.05) is 28.1 Å². The van der Waals surface area contributed by atoms with Gasteiger partial charge in [0.05, 0.1) is 17.9 Å². The van der Waals surface area contributed by atoms with E-state index in [9.17, 15) is 9.59 Å². The minimum Gasteiger partial charge on any atom is -0.463 e. The Hall–Kier alpha value is -1.66. The summed E-state index contributed by atoms with van der Waals surface area (Å²) in [4.78, 5) is 25.1. The van der Waals surface area contributed by atoms with Crippen molar-refractivity contribution >= 4 is 33.5 Å². The fourth-order valence-electron chi connectivity index (χ4n) is 3.19. The summed E-state index contributed by atoms with van der Waals surface area (Å²) in [5.41, 5.74) is 0.717. The van der Waals surface area contributed by atoms with Crippen molar-refractivity contribution in [3.05, 3.63) is 40.9 Å². The number of hydrogen-bond donors (Lipinski definition) is 1. The van der Waals surface area contributed by atoms with Gasteiger partial charge in [0.25, 0.3) is 0 Å². The summed E-state index contributed by atoms with van der Waals surface area (Å²) < 4.78 is 11.9. The topological polar surface area (TPSA) is 64.6 Å². The molecule has 0 saturated carbocycles. The monoisotopic (exact) mass is 407 g/mol. The molecule has 0 spiro atoms. The second kappa shape index (κ2) is 8.63. The fraction of sp³-hybridized carbons (Fsp3) is 0.474. The summed E-state index contributed by atoms with van der Waals surface area (Å²) in [6.07, 6.45) is 6.90. The maximum absolute atomic E-state index is 12.6. The summed E-state index contributed by atoms with van der Waals surface area (Å²) in [5, 5.41) is 2.89. The first-order chi connectivity index (χ1) is 12.1. The Balaban J connectivity index is 1.59. The zero-order valence-electron chi connectivity index (χ0n) is 13.9. The average molecular weight is 408 g/mol. The van der Waals surface area contributed by atoms with Gasteiger partial charge in [0, 0.05) is 16.8 Å². The van der Waals surface area contributed by atoms with Crippen molar-refractivity contribution < 1.29 is 19.1 Å². The quantitative estimate of drug-likeness (QED) is 0.596. The molecule has 1 heterocycles. The highest BCUT2D eigenvalue weighted by atomic mass is 79.9. The lowest BCUT2D eigenvalue weighted by Crippen LogP contribution is -2.36. The molecule has 1 amide bonds. The lowest BCUT2D eigenvalue weighted by Gasteiger charge is -2.26. The van der Waals surface area contributed by atoms with Gasteiger partial charge in [0.15, 0.2) is 0 Å². The van der Waals surface area contributed by atoms with E-state index in [4.69, 9.17) is 9.47 Å². The van der Waals surface area contributed by atoms with Gasteiger partial charge in [-0.15, -0.1) is 0 Å². The number of rotatable bonds is 5. The van der Waals surface area contributed by atoms with Gasteiger partial charge < -0.3 is 14.8 Å². The largest absolute Gasteiger partial charge is 0.463 e. The van der Waals surface area contributed by atoms with E-state index in [1.165, 1.54) is 0 Å². The van der Waals surface area contributed by atoms with E-state index < -0.39 is 11.8 Å². The SMILES string of the molecule is O=C(Nc1ccc(Br)cc1)[C@H]1CC=CC[C@H]1C(=O)OC[C@@H]1CCCO1. The Morgan fingerprint density at radius 2 is 1.88 bits per heavy atom. The molecule has 25 heavy (non-hydrogen) atoms. The third kappa shape index (κ3) is 4.92. The van der Waals surface area contributed by atoms with Crippen LogP contribution in [0.25, 0.3) is 0 Å². The summed E-state index contributed by atoms with van der Waals surface area (Å²) in [6.45, 7) is 1.01. The molecule has 1 N–H and O–H groups in total. The van der Waals surface area contributed by atoms with Crippen LogP contribution in [0.3, 0.4) is 0 Å². The van der Waals surface area contributed by atoms with E-state index in [1.807, 2.05) is 36.4 Å². The molecule has 0 aromatic heterocycles. The number of carbonyl (C=O) groups is 2. The molecule has 2 aliphatic rings. The van der Waals surface area contributed by atoms with Crippen LogP contribution in [0.4, 0.5) is 5.69 Å². The number of nitrogens with one attached hydrogen (secondary N) is 1. The lowest BCUT2D eigenvalue weighted by molar-refractivity contribution is -0.155. The van der Waals surface area contributed by atoms with Crippen molar-refractivity contribution in [3.63, 3.8) is 0 Å². The van der Waals surface area contributed by atoms with Gasteiger partial charge in [0.2, 0.25) is 5.91 Å². The highest BCUT2D eigenvalue weighted by Gasteiger charge is 2.35. The molecule has 0 radical (unpaired) electrons. The molecule has 0 unspecified atom stereocenters. The minimum atomic E-state index is -0.443. The maximum Gasteiger partial charge on any atom is 0.310 e. The molecule has 3 rings (SSSR count). The van der Waals surface area contributed by atoms with Gasteiger partial charge in [-0.25, -0.2) is 0 Å². The standard InChI is InChI=1S/C19H22BrNO4/c20-13-7-9-14(10-8-13)21-18(22)16-5-1-2-6-17(16)19(23)25-12-15-4-3-11-24-15/h1-2,7-10,15-17H,3-6,11-12H2,(H,21,22)/t15-,16-,17+/m0/s1. The summed E-state index contributed by atoms with van der Waals surface area (Å²) >= 11 is 3.37. The van der Waals surface area contributed by atoms with Crippen LogP contribution in [0.1, 0.15) is 25.7 Å². The molecular weight excluding hydrogens is 386 g/mol. The van der Waals surface area contributed by atoms with E-state index in [-0.39, 0.29) is 24.6 Å². The minimum absolute atomic E-state index is 0.00174. The first-order valence-electron chi connectivity index (χ1n) is 8.63. The van der Waals surface area contributed by atoms with Gasteiger partial charge in [-0.05, 0) is 49.9 Å². The second-order valence-electron chi connectivity index (χ2n) is 6.42. The van der Waals surface area contributed by atoms with E-state index in [0.717, 1.165) is 23.9 Å². The smallest absolute Gasteiger partial charge is 0.310 e. The number of hydrogen-bond acceptors (Lipinski definition) is 4. The van der Waals surface area contributed by atoms with E-state index in [0.29, 0.717) is 18.5 Å². The van der Waals surface area contributed by atoms with Gasteiger partial charge in [-0.3, -0.25) is 9.59 Å². The number of halogens is 1. The molecule has 1 aliphatic carbocycles.